The van der Waals surface area contributed by atoms with Crippen LogP contribution in [0, 0.1) is 0 Å². The molecule has 0 saturated carbocycles. The Morgan fingerprint density at radius 1 is 1.20 bits per heavy atom. The Morgan fingerprint density at radius 2 is 1.20 bits per heavy atom. The second-order valence-corrected chi connectivity index (χ2v) is 0. The molecule has 0 fully saturated rings. The van der Waals surface area contributed by atoms with Gasteiger partial charge in [-0.15, -0.1) is 0 Å². The first-order valence-corrected chi connectivity index (χ1v) is 0. The van der Waals surface area contributed by atoms with Gasteiger partial charge in [-0.25, -0.2) is 0 Å². The van der Waals surface area contributed by atoms with Crippen LogP contribution in [0.25, 0.3) is 0 Å². The van der Waals surface area contributed by atoms with Gasteiger partial charge in [0, 0.05) is 44.1 Å². The van der Waals surface area contributed by atoms with E-state index in [4.69, 9.17) is 0 Å². The molecule has 1 nitrogen and oxygen atoms in total. The van der Waals surface area contributed by atoms with Gasteiger partial charge >= 0.3 is 48.4 Å². The first-order chi connectivity index (χ1) is 0. The van der Waals surface area contributed by atoms with Crippen molar-refractivity contribution in [2.75, 3.05) is 0 Å². The van der Waals surface area contributed by atoms with E-state index in [2.05, 4.69) is 0 Å². The molecule has 0 rings (SSSR count). The van der Waals surface area contributed by atoms with Crippen LogP contribution >= 0.6 is 0 Å². The summed E-state index contributed by atoms with van der Waals surface area (Å²) in [7, 11) is 0. The zero-order chi connectivity index (χ0) is 0. The largest absolute Gasteiger partial charge is 1.00 e. The van der Waals surface area contributed by atoms with Crippen LogP contribution in [-0.2, 0) is 44.1 Å². The Bertz CT molecular complexity index is 17.7. The molecule has 0 aromatic carbocycles. The van der Waals surface area contributed by atoms with Crippen molar-refractivity contribution in [2.45, 2.75) is 0 Å². The fourth-order valence-corrected chi connectivity index (χ4v) is 0. The maximum absolute atomic E-state index is 0. The molecule has 5 heavy (non-hydrogen) atoms. The van der Waals surface area contributed by atoms with Crippen LogP contribution in [-0.4, -0.2) is 5.48 Å². The van der Waals surface area contributed by atoms with Crippen molar-refractivity contribution < 1.29 is 101 Å². The molecular weight excluding hydrogens is 187 g/mol. The van der Waals surface area contributed by atoms with Gasteiger partial charge in [0.1, 0.15) is 0 Å². The topological polar surface area (TPSA) is 31.5 Å². The van der Waals surface area contributed by atoms with E-state index in [1.54, 1.807) is 0 Å². The van der Waals surface area contributed by atoms with Crippen molar-refractivity contribution >= 4 is 0 Å². The van der Waals surface area contributed by atoms with Gasteiger partial charge in [0.05, 0.1) is 0 Å². The maximum atomic E-state index is 0. The third-order valence-electron chi connectivity index (χ3n) is 0. The monoisotopic (exact) mass is 191 g/mol. The van der Waals surface area contributed by atoms with Crippen LogP contribution < -0.4 is 48.4 Å². The van der Waals surface area contributed by atoms with Gasteiger partial charge in [-0.1, -0.05) is 0 Å². The van der Waals surface area contributed by atoms with Crippen LogP contribution in [0.15, 0.2) is 0 Å². The predicted molar refractivity (Wildman–Crippen MR) is 5.84 cm³/mol. The molecule has 0 heterocycles. The summed E-state index contributed by atoms with van der Waals surface area (Å²) in [5, 5.41) is 0. The minimum absolute atomic E-state index is 0. The first-order valence-electron chi connectivity index (χ1n) is 0. The SMILES string of the molecule is O.[H-].[H-].[Li+].[Na+].[Nb].[Ti]. The third kappa shape index (κ3) is 19.4. The first kappa shape index (κ1) is 43.4. The summed E-state index contributed by atoms with van der Waals surface area (Å²) < 4.78 is 0. The summed E-state index contributed by atoms with van der Waals surface area (Å²) in [6, 6.07) is 0. The maximum Gasteiger partial charge on any atom is 1.00 e. The zero-order valence-corrected chi connectivity index (χ0v) is 9.21. The summed E-state index contributed by atoms with van der Waals surface area (Å²) in [5.41, 5.74) is 0. The second kappa shape index (κ2) is 27.9. The molecule has 0 atom stereocenters. The molecule has 0 aliphatic heterocycles. The molecule has 21 valence electrons. The fourth-order valence-electron chi connectivity index (χ4n) is 0. The van der Waals surface area contributed by atoms with Crippen LogP contribution in [0.4, 0.5) is 0 Å². The second-order valence-electron chi connectivity index (χ2n) is 0. The Labute approximate surface area is 99.2 Å². The van der Waals surface area contributed by atoms with Gasteiger partial charge in [-0.05, 0) is 0 Å². The van der Waals surface area contributed by atoms with E-state index < -0.39 is 0 Å². The smallest absolute Gasteiger partial charge is 1.00 e. The molecule has 0 unspecified atom stereocenters. The standard InChI is InChI=1S/Li.Na.Nb.H2O.Ti.2H/h;;;1H2;;;/q2*+1;;;;2*-1. The minimum atomic E-state index is 0. The van der Waals surface area contributed by atoms with Crippen LogP contribution in [0.5, 0.6) is 0 Å². The van der Waals surface area contributed by atoms with E-state index in [0.29, 0.717) is 0 Å². The molecule has 1 radical (unpaired) electrons. The van der Waals surface area contributed by atoms with Gasteiger partial charge in [0.25, 0.3) is 0 Å². The molecule has 0 spiro atoms. The normalized spacial score (nSPS) is 0. The van der Waals surface area contributed by atoms with Gasteiger partial charge in [-0.3, -0.25) is 0 Å². The Kier molecular flexibility index (Phi) is 243. The van der Waals surface area contributed by atoms with E-state index in [9.17, 15) is 0 Å². The van der Waals surface area contributed by atoms with E-state index >= 15 is 0 Å². The predicted octanol–water partition coefficient (Wildman–Crippen LogP) is -6.60. The third-order valence-corrected chi connectivity index (χ3v) is 0. The van der Waals surface area contributed by atoms with E-state index in [1.807, 2.05) is 0 Å². The van der Waals surface area contributed by atoms with Crippen molar-refractivity contribution in [1.82, 2.24) is 0 Å². The average Bonchev–Trinajstić information content (AvgIpc) is 0. The molecule has 0 aliphatic carbocycles. The molecule has 0 saturated heterocycles. The Hall–Kier alpha value is 3.01. The van der Waals surface area contributed by atoms with Crippen molar-refractivity contribution in [3.8, 4) is 0 Å². The van der Waals surface area contributed by atoms with E-state index in [1.165, 1.54) is 0 Å². The molecule has 0 amide bonds. The van der Waals surface area contributed by atoms with Gasteiger partial charge in [-0.2, -0.15) is 0 Å². The summed E-state index contributed by atoms with van der Waals surface area (Å²) in [6.07, 6.45) is 0. The summed E-state index contributed by atoms with van der Waals surface area (Å²) >= 11 is 0. The molecule has 5 heteroatoms. The molecule has 0 bridgehead atoms. The van der Waals surface area contributed by atoms with E-state index in [-0.39, 0.29) is 101 Å². The summed E-state index contributed by atoms with van der Waals surface area (Å²) in [6.45, 7) is 0. The number of hydrogen-bond acceptors (Lipinski definition) is 0. The molecular formula is H4LiNaNbOTi. The van der Waals surface area contributed by atoms with E-state index in [0.717, 1.165) is 0 Å². The fraction of sp³-hybridized carbons (Fsp3) is 0. The average molecular weight is 191 g/mol. The van der Waals surface area contributed by atoms with Gasteiger partial charge in [0.15, 0.2) is 0 Å². The molecule has 0 aromatic heterocycles. The number of hydrogen-bond donors (Lipinski definition) is 0. The van der Waals surface area contributed by atoms with Gasteiger partial charge < -0.3 is 8.33 Å². The number of rotatable bonds is 0. The van der Waals surface area contributed by atoms with Crippen molar-refractivity contribution in [2.24, 2.45) is 0 Å². The molecule has 0 aromatic rings. The van der Waals surface area contributed by atoms with Crippen LogP contribution in [0.1, 0.15) is 2.85 Å². The molecule has 2 N–H and O–H groups in total. The van der Waals surface area contributed by atoms with Crippen LogP contribution in [0.2, 0.25) is 0 Å². The minimum Gasteiger partial charge on any atom is -1.00 e. The molecule has 0 aliphatic rings. The summed E-state index contributed by atoms with van der Waals surface area (Å²) in [5.74, 6) is 0. The zero-order valence-electron chi connectivity index (χ0n) is 5.45. The van der Waals surface area contributed by atoms with Crippen molar-refractivity contribution in [1.29, 1.82) is 0 Å². The Balaban J connectivity index is 0. The van der Waals surface area contributed by atoms with Crippen molar-refractivity contribution in [3.05, 3.63) is 0 Å². The Morgan fingerprint density at radius 3 is 1.20 bits per heavy atom. The van der Waals surface area contributed by atoms with Gasteiger partial charge in [0.2, 0.25) is 0 Å². The van der Waals surface area contributed by atoms with Crippen molar-refractivity contribution in [3.63, 3.8) is 0 Å². The quantitative estimate of drug-likeness (QED) is 0.341. The summed E-state index contributed by atoms with van der Waals surface area (Å²) in [4.78, 5) is 0. The van der Waals surface area contributed by atoms with Crippen LogP contribution in [0.3, 0.4) is 0 Å².